The average molecular weight is 522 g/mol. The van der Waals surface area contributed by atoms with Crippen LogP contribution in [0.5, 0.6) is 0 Å². The van der Waals surface area contributed by atoms with Gasteiger partial charge in [0.05, 0.1) is 10.6 Å². The molecule has 1 aliphatic heterocycles. The van der Waals surface area contributed by atoms with Crippen LogP contribution in [-0.4, -0.2) is 76.7 Å². The van der Waals surface area contributed by atoms with Crippen LogP contribution in [0.4, 0.5) is 0 Å². The highest BCUT2D eigenvalue weighted by Crippen LogP contribution is 2.23. The molecule has 0 unspecified atom stereocenters. The maximum absolute atomic E-state index is 11.0. The number of nitrogens with zero attached hydrogens (tertiary/aromatic N) is 3. The highest BCUT2D eigenvalue weighted by molar-refractivity contribution is 14.0. The Morgan fingerprint density at radius 3 is 2.48 bits per heavy atom. The zero-order chi connectivity index (χ0) is 17.6. The van der Waals surface area contributed by atoms with Crippen LogP contribution in [0, 0.1) is 0 Å². The predicted molar refractivity (Wildman–Crippen MR) is 116 cm³/mol. The summed E-state index contributed by atoms with van der Waals surface area (Å²) in [5.74, 6) is 0.809. The van der Waals surface area contributed by atoms with Crippen LogP contribution in [0.1, 0.15) is 4.88 Å². The number of thiophene rings is 1. The molecule has 0 radical (unpaired) electrons. The van der Waals surface area contributed by atoms with Crippen molar-refractivity contribution in [2.45, 2.75) is 6.54 Å². The van der Waals surface area contributed by atoms with Gasteiger partial charge in [-0.2, -0.15) is 0 Å². The Hall–Kier alpha value is -0.140. The third kappa shape index (κ3) is 8.39. The van der Waals surface area contributed by atoms with E-state index in [1.165, 1.54) is 4.88 Å². The molecular weight excluding hydrogens is 497 g/mol. The number of aliphatic imine (C=N–C) groups is 1. The van der Waals surface area contributed by atoms with Crippen molar-refractivity contribution in [3.8, 4) is 0 Å². The van der Waals surface area contributed by atoms with Crippen molar-refractivity contribution >= 4 is 62.9 Å². The van der Waals surface area contributed by atoms with E-state index < -0.39 is 10.0 Å². The molecule has 7 nitrogen and oxygen atoms in total. The monoisotopic (exact) mass is 521 g/mol. The van der Waals surface area contributed by atoms with Crippen molar-refractivity contribution in [2.24, 2.45) is 4.99 Å². The van der Waals surface area contributed by atoms with E-state index in [4.69, 9.17) is 11.6 Å². The van der Waals surface area contributed by atoms with Gasteiger partial charge in [0.15, 0.2) is 5.96 Å². The molecular formula is C14H25ClIN5O2S2. The summed E-state index contributed by atoms with van der Waals surface area (Å²) in [4.78, 5) is 10.2. The van der Waals surface area contributed by atoms with Crippen LogP contribution >= 0.6 is 46.9 Å². The van der Waals surface area contributed by atoms with E-state index in [9.17, 15) is 8.42 Å². The third-order valence-electron chi connectivity index (χ3n) is 3.66. The first-order valence-corrected chi connectivity index (χ1v) is 10.8. The molecule has 0 spiro atoms. The lowest BCUT2D eigenvalue weighted by molar-refractivity contribution is 0.174. The summed E-state index contributed by atoms with van der Waals surface area (Å²) in [5.41, 5.74) is 0. The lowest BCUT2D eigenvalue weighted by Crippen LogP contribution is -2.52. The molecule has 0 aliphatic carbocycles. The zero-order valence-electron chi connectivity index (χ0n) is 14.4. The number of rotatable bonds is 6. The van der Waals surface area contributed by atoms with Gasteiger partial charge in [0.25, 0.3) is 0 Å². The van der Waals surface area contributed by atoms with Gasteiger partial charge < -0.3 is 10.2 Å². The second-order valence-corrected chi connectivity index (χ2v) is 9.24. The summed E-state index contributed by atoms with van der Waals surface area (Å²) in [6.45, 7) is 5.46. The largest absolute Gasteiger partial charge is 0.355 e. The molecule has 11 heteroatoms. The molecule has 1 aromatic heterocycles. The van der Waals surface area contributed by atoms with Crippen molar-refractivity contribution in [3.05, 3.63) is 21.3 Å². The minimum absolute atomic E-state index is 0. The smallest absolute Gasteiger partial charge is 0.208 e. The van der Waals surface area contributed by atoms with Crippen LogP contribution in [0.3, 0.4) is 0 Å². The maximum Gasteiger partial charge on any atom is 0.208 e. The standard InChI is InChI=1S/C14H24ClN5O2S2.HI/c1-16-14(17-5-6-18-24(2,21)22)20-9-7-19(8-10-20)11-12-3-4-13(15)23-12;/h3-4,18H,5-11H2,1-2H3,(H,16,17);1H. The lowest BCUT2D eigenvalue weighted by Gasteiger charge is -2.36. The fourth-order valence-electron chi connectivity index (χ4n) is 2.52. The minimum atomic E-state index is -3.15. The maximum atomic E-state index is 11.0. The van der Waals surface area contributed by atoms with Crippen LogP contribution in [0.2, 0.25) is 4.34 Å². The van der Waals surface area contributed by atoms with Crippen LogP contribution < -0.4 is 10.0 Å². The molecule has 25 heavy (non-hydrogen) atoms. The van der Waals surface area contributed by atoms with E-state index in [-0.39, 0.29) is 24.0 Å². The van der Waals surface area contributed by atoms with E-state index >= 15 is 0 Å². The molecule has 1 aromatic rings. The van der Waals surface area contributed by atoms with Gasteiger partial charge in [0.2, 0.25) is 10.0 Å². The Bertz CT molecular complexity index is 660. The van der Waals surface area contributed by atoms with Gasteiger partial charge in [-0.1, -0.05) is 11.6 Å². The van der Waals surface area contributed by atoms with Crippen molar-refractivity contribution in [1.82, 2.24) is 19.8 Å². The highest BCUT2D eigenvalue weighted by Gasteiger charge is 2.19. The van der Waals surface area contributed by atoms with Crippen LogP contribution in [-0.2, 0) is 16.6 Å². The van der Waals surface area contributed by atoms with Gasteiger partial charge >= 0.3 is 0 Å². The van der Waals surface area contributed by atoms with E-state index in [1.807, 2.05) is 6.07 Å². The number of halogens is 2. The third-order valence-corrected chi connectivity index (χ3v) is 5.61. The molecule has 2 rings (SSSR count). The Labute approximate surface area is 175 Å². The molecule has 2 heterocycles. The fourth-order valence-corrected chi connectivity index (χ4v) is 4.12. The first-order chi connectivity index (χ1) is 11.4. The van der Waals surface area contributed by atoms with E-state index in [0.717, 1.165) is 49.3 Å². The lowest BCUT2D eigenvalue weighted by atomic mass is 10.3. The van der Waals surface area contributed by atoms with E-state index in [1.54, 1.807) is 18.4 Å². The summed E-state index contributed by atoms with van der Waals surface area (Å²) in [7, 11) is -1.41. The number of guanidine groups is 1. The quantitative estimate of drug-likeness (QED) is 0.255. The molecule has 0 atom stereocenters. The van der Waals surface area contributed by atoms with E-state index in [0.29, 0.717) is 13.1 Å². The SMILES string of the molecule is CN=C(NCCNS(C)(=O)=O)N1CCN(Cc2ccc(Cl)s2)CC1.I. The van der Waals surface area contributed by atoms with Gasteiger partial charge in [-0.05, 0) is 12.1 Å². The fraction of sp³-hybridized carbons (Fsp3) is 0.643. The molecule has 1 fully saturated rings. The van der Waals surface area contributed by atoms with Crippen molar-refractivity contribution in [2.75, 3.05) is 52.6 Å². The molecule has 0 aromatic carbocycles. The van der Waals surface area contributed by atoms with Gasteiger partial charge in [-0.25, -0.2) is 13.1 Å². The summed E-state index contributed by atoms with van der Waals surface area (Å²) in [6, 6.07) is 4.02. The second kappa shape index (κ2) is 10.9. The minimum Gasteiger partial charge on any atom is -0.355 e. The Kier molecular flexibility index (Phi) is 9.96. The number of sulfonamides is 1. The molecule has 144 valence electrons. The normalized spacial score (nSPS) is 16.6. The van der Waals surface area contributed by atoms with Crippen molar-refractivity contribution in [1.29, 1.82) is 0 Å². The highest BCUT2D eigenvalue weighted by atomic mass is 127. The molecule has 2 N–H and O–H groups in total. The number of hydrogen-bond donors (Lipinski definition) is 2. The Balaban J connectivity index is 0.00000312. The molecule has 0 bridgehead atoms. The van der Waals surface area contributed by atoms with Gasteiger partial charge in [0, 0.05) is 57.7 Å². The van der Waals surface area contributed by atoms with Crippen LogP contribution in [0.25, 0.3) is 0 Å². The Morgan fingerprint density at radius 1 is 1.28 bits per heavy atom. The topological polar surface area (TPSA) is 77.0 Å². The summed E-state index contributed by atoms with van der Waals surface area (Å²) < 4.78 is 25.4. The first-order valence-electron chi connectivity index (χ1n) is 7.74. The molecule has 0 amide bonds. The predicted octanol–water partition coefficient (Wildman–Crippen LogP) is 1.26. The zero-order valence-corrected chi connectivity index (χ0v) is 19.1. The average Bonchev–Trinajstić information content (AvgIpc) is 2.92. The summed E-state index contributed by atoms with van der Waals surface area (Å²) >= 11 is 7.60. The number of hydrogen-bond acceptors (Lipinski definition) is 5. The van der Waals surface area contributed by atoms with Crippen molar-refractivity contribution < 1.29 is 8.42 Å². The first kappa shape index (κ1) is 22.9. The summed E-state index contributed by atoms with van der Waals surface area (Å²) in [6.07, 6.45) is 1.15. The molecule has 0 saturated carbocycles. The van der Waals surface area contributed by atoms with E-state index in [2.05, 4.69) is 30.9 Å². The number of nitrogens with one attached hydrogen (secondary N) is 2. The van der Waals surface area contributed by atoms with Gasteiger partial charge in [-0.15, -0.1) is 35.3 Å². The van der Waals surface area contributed by atoms with Crippen molar-refractivity contribution in [3.63, 3.8) is 0 Å². The van der Waals surface area contributed by atoms with Crippen LogP contribution in [0.15, 0.2) is 17.1 Å². The number of piperazine rings is 1. The molecule has 1 aliphatic rings. The molecule has 1 saturated heterocycles. The van der Waals surface area contributed by atoms with Gasteiger partial charge in [-0.3, -0.25) is 9.89 Å². The summed E-state index contributed by atoms with van der Waals surface area (Å²) in [5, 5.41) is 3.19. The Morgan fingerprint density at radius 2 is 1.96 bits per heavy atom. The van der Waals surface area contributed by atoms with Gasteiger partial charge in [0.1, 0.15) is 0 Å². The second-order valence-electron chi connectivity index (χ2n) is 5.61.